The van der Waals surface area contributed by atoms with Crippen molar-refractivity contribution in [1.29, 1.82) is 0 Å². The molecule has 0 saturated carbocycles. The van der Waals surface area contributed by atoms with Gasteiger partial charge in [-0.2, -0.15) is 0 Å². The molecule has 0 atom stereocenters. The average Bonchev–Trinajstić information content (AvgIpc) is 2.04. The molecule has 12 heavy (non-hydrogen) atoms. The van der Waals surface area contributed by atoms with Crippen molar-refractivity contribution in [3.63, 3.8) is 0 Å². The van der Waals surface area contributed by atoms with Crippen molar-refractivity contribution in [2.24, 2.45) is 0 Å². The third-order valence-electron chi connectivity index (χ3n) is 1.40. The predicted molar refractivity (Wildman–Crippen MR) is 46.2 cm³/mol. The van der Waals surface area contributed by atoms with Crippen LogP contribution in [0.1, 0.15) is 17.7 Å². The van der Waals surface area contributed by atoms with Crippen molar-refractivity contribution < 1.29 is 8.78 Å². The van der Waals surface area contributed by atoms with Gasteiger partial charge in [-0.1, -0.05) is 15.9 Å². The fourth-order valence-electron chi connectivity index (χ4n) is 0.758. The summed E-state index contributed by atoms with van der Waals surface area (Å²) < 4.78 is 24.2. The standard InChI is InChI=1S/C7H7BrF2N2/c8-2-6-5(11)1-4(3-12-6)7(9)10/h1,3,7H,2,11H2. The number of alkyl halides is 3. The van der Waals surface area contributed by atoms with E-state index in [1.807, 2.05) is 0 Å². The Bertz CT molecular complexity index is 278. The predicted octanol–water partition coefficient (Wildman–Crippen LogP) is 2.50. The number of nitrogens with zero attached hydrogens (tertiary/aromatic N) is 1. The minimum Gasteiger partial charge on any atom is -0.397 e. The molecule has 1 heterocycles. The van der Waals surface area contributed by atoms with Gasteiger partial charge in [-0.25, -0.2) is 8.78 Å². The Kier molecular flexibility index (Phi) is 2.97. The van der Waals surface area contributed by atoms with Crippen LogP contribution in [0.3, 0.4) is 0 Å². The Morgan fingerprint density at radius 3 is 2.67 bits per heavy atom. The number of nitrogen functional groups attached to an aromatic ring is 1. The number of nitrogens with two attached hydrogens (primary N) is 1. The van der Waals surface area contributed by atoms with Crippen LogP contribution in [0, 0.1) is 0 Å². The van der Waals surface area contributed by atoms with Crippen LogP contribution >= 0.6 is 15.9 Å². The number of hydrogen-bond donors (Lipinski definition) is 1. The smallest absolute Gasteiger partial charge is 0.265 e. The minimum atomic E-state index is -2.51. The van der Waals surface area contributed by atoms with Gasteiger partial charge in [-0.05, 0) is 6.07 Å². The molecule has 1 aromatic heterocycles. The van der Waals surface area contributed by atoms with E-state index in [1.165, 1.54) is 6.07 Å². The molecule has 0 aliphatic heterocycles. The van der Waals surface area contributed by atoms with Crippen LogP contribution in [-0.4, -0.2) is 4.98 Å². The average molecular weight is 237 g/mol. The molecule has 0 amide bonds. The molecule has 66 valence electrons. The van der Waals surface area contributed by atoms with E-state index < -0.39 is 6.43 Å². The highest BCUT2D eigenvalue weighted by Gasteiger charge is 2.09. The first-order valence-electron chi connectivity index (χ1n) is 3.23. The maximum Gasteiger partial charge on any atom is 0.265 e. The molecule has 1 rings (SSSR count). The lowest BCUT2D eigenvalue weighted by Gasteiger charge is -2.03. The monoisotopic (exact) mass is 236 g/mol. The molecule has 2 nitrogen and oxygen atoms in total. The zero-order valence-electron chi connectivity index (χ0n) is 6.10. The highest BCUT2D eigenvalue weighted by atomic mass is 79.9. The van der Waals surface area contributed by atoms with Gasteiger partial charge in [0, 0.05) is 17.1 Å². The summed E-state index contributed by atoms with van der Waals surface area (Å²) in [6, 6.07) is 1.24. The number of pyridine rings is 1. The Morgan fingerprint density at radius 1 is 1.58 bits per heavy atom. The first-order chi connectivity index (χ1) is 5.65. The largest absolute Gasteiger partial charge is 0.397 e. The molecule has 0 fully saturated rings. The lowest BCUT2D eigenvalue weighted by Crippen LogP contribution is -1.97. The van der Waals surface area contributed by atoms with E-state index >= 15 is 0 Å². The molecular weight excluding hydrogens is 230 g/mol. The molecule has 0 unspecified atom stereocenters. The maximum atomic E-state index is 12.1. The van der Waals surface area contributed by atoms with E-state index in [1.54, 1.807) is 0 Å². The molecule has 0 aliphatic rings. The molecule has 0 saturated heterocycles. The quantitative estimate of drug-likeness (QED) is 0.802. The van der Waals surface area contributed by atoms with E-state index in [0.717, 1.165) is 6.20 Å². The molecule has 0 bridgehead atoms. The second kappa shape index (κ2) is 3.80. The highest BCUT2D eigenvalue weighted by molar-refractivity contribution is 9.08. The van der Waals surface area contributed by atoms with Crippen LogP contribution in [0.25, 0.3) is 0 Å². The zero-order chi connectivity index (χ0) is 9.14. The van der Waals surface area contributed by atoms with Crippen molar-refractivity contribution in [2.75, 3.05) is 5.73 Å². The number of anilines is 1. The normalized spacial score (nSPS) is 10.7. The molecule has 2 N–H and O–H groups in total. The van der Waals surface area contributed by atoms with Crippen LogP contribution in [0.2, 0.25) is 0 Å². The van der Waals surface area contributed by atoms with Gasteiger partial charge in [0.25, 0.3) is 6.43 Å². The number of hydrogen-bond acceptors (Lipinski definition) is 2. The van der Waals surface area contributed by atoms with E-state index in [2.05, 4.69) is 20.9 Å². The topological polar surface area (TPSA) is 38.9 Å². The first kappa shape index (κ1) is 9.38. The van der Waals surface area contributed by atoms with Crippen molar-refractivity contribution in [3.8, 4) is 0 Å². The van der Waals surface area contributed by atoms with E-state index in [4.69, 9.17) is 5.73 Å². The molecule has 0 aliphatic carbocycles. The molecule has 5 heteroatoms. The summed E-state index contributed by atoms with van der Waals surface area (Å²) in [5.74, 6) is 0. The Labute approximate surface area is 76.9 Å². The SMILES string of the molecule is Nc1cc(C(F)F)cnc1CBr. The summed E-state index contributed by atoms with van der Waals surface area (Å²) in [4.78, 5) is 3.77. The van der Waals surface area contributed by atoms with Gasteiger partial charge in [0.05, 0.1) is 11.4 Å². The van der Waals surface area contributed by atoms with Gasteiger partial charge >= 0.3 is 0 Å². The second-order valence-corrected chi connectivity index (χ2v) is 2.80. The van der Waals surface area contributed by atoms with E-state index in [-0.39, 0.29) is 5.56 Å². The fraction of sp³-hybridized carbons (Fsp3) is 0.286. The van der Waals surface area contributed by atoms with Crippen LogP contribution in [-0.2, 0) is 5.33 Å². The maximum absolute atomic E-state index is 12.1. The summed E-state index contributed by atoms with van der Waals surface area (Å²) in [6.45, 7) is 0. The Morgan fingerprint density at radius 2 is 2.25 bits per heavy atom. The van der Waals surface area contributed by atoms with E-state index in [9.17, 15) is 8.78 Å². The van der Waals surface area contributed by atoms with Gasteiger partial charge in [-0.3, -0.25) is 4.98 Å². The molecule has 0 spiro atoms. The van der Waals surface area contributed by atoms with Gasteiger partial charge in [-0.15, -0.1) is 0 Å². The van der Waals surface area contributed by atoms with Gasteiger partial charge in [0.15, 0.2) is 0 Å². The Balaban J connectivity index is 3.02. The van der Waals surface area contributed by atoms with Crippen molar-refractivity contribution in [3.05, 3.63) is 23.5 Å². The van der Waals surface area contributed by atoms with Gasteiger partial charge in [0.1, 0.15) is 0 Å². The zero-order valence-corrected chi connectivity index (χ0v) is 7.68. The van der Waals surface area contributed by atoms with E-state index in [0.29, 0.717) is 16.7 Å². The lowest BCUT2D eigenvalue weighted by molar-refractivity contribution is 0.151. The van der Waals surface area contributed by atoms with Crippen LogP contribution in [0.5, 0.6) is 0 Å². The third kappa shape index (κ3) is 1.91. The van der Waals surface area contributed by atoms with Gasteiger partial charge in [0.2, 0.25) is 0 Å². The van der Waals surface area contributed by atoms with Crippen LogP contribution in [0.15, 0.2) is 12.3 Å². The highest BCUT2D eigenvalue weighted by Crippen LogP contribution is 2.22. The molecule has 0 radical (unpaired) electrons. The second-order valence-electron chi connectivity index (χ2n) is 2.24. The van der Waals surface area contributed by atoms with Crippen molar-refractivity contribution in [1.82, 2.24) is 4.98 Å². The van der Waals surface area contributed by atoms with Gasteiger partial charge < -0.3 is 5.73 Å². The first-order valence-corrected chi connectivity index (χ1v) is 4.35. The van der Waals surface area contributed by atoms with Crippen LogP contribution in [0.4, 0.5) is 14.5 Å². The summed E-state index contributed by atoms with van der Waals surface area (Å²) in [5, 5.41) is 0.475. The number of aromatic nitrogens is 1. The molecule has 1 aromatic rings. The number of rotatable bonds is 2. The van der Waals surface area contributed by atoms with Crippen LogP contribution < -0.4 is 5.73 Å². The molecular formula is C7H7BrF2N2. The number of halogens is 3. The third-order valence-corrected chi connectivity index (χ3v) is 1.93. The fourth-order valence-corrected chi connectivity index (χ4v) is 1.23. The molecule has 0 aromatic carbocycles. The Hall–Kier alpha value is -0.710. The minimum absolute atomic E-state index is 0.141. The summed E-state index contributed by atoms with van der Waals surface area (Å²) >= 11 is 3.14. The summed E-state index contributed by atoms with van der Waals surface area (Å²) in [7, 11) is 0. The lowest BCUT2D eigenvalue weighted by atomic mass is 10.2. The summed E-state index contributed by atoms with van der Waals surface area (Å²) in [5.41, 5.74) is 6.18. The van der Waals surface area contributed by atoms with Crippen molar-refractivity contribution >= 4 is 21.6 Å². The van der Waals surface area contributed by atoms with Crippen molar-refractivity contribution in [2.45, 2.75) is 11.8 Å². The summed E-state index contributed by atoms with van der Waals surface area (Å²) in [6.07, 6.45) is -1.37.